The first-order chi connectivity index (χ1) is 19.3. The highest BCUT2D eigenvalue weighted by Crippen LogP contribution is 2.38. The van der Waals surface area contributed by atoms with E-state index < -0.39 is 32.3 Å². The summed E-state index contributed by atoms with van der Waals surface area (Å²) in [7, 11) is -4.22. The van der Waals surface area contributed by atoms with E-state index in [9.17, 15) is 27.8 Å². The molecule has 2 heterocycles. The summed E-state index contributed by atoms with van der Waals surface area (Å²) >= 11 is 1.16. The lowest BCUT2D eigenvalue weighted by Gasteiger charge is -2.10. The lowest BCUT2D eigenvalue weighted by molar-refractivity contribution is 0.0691. The van der Waals surface area contributed by atoms with Crippen LogP contribution in [-0.4, -0.2) is 45.0 Å². The molecule has 5 rings (SSSR count). The van der Waals surface area contributed by atoms with Gasteiger partial charge in [-0.25, -0.2) is 32.4 Å². The summed E-state index contributed by atoms with van der Waals surface area (Å²) in [6.07, 6.45) is 2.95. The number of halogens is 1. The molecule has 0 amide bonds. The van der Waals surface area contributed by atoms with Crippen molar-refractivity contribution >= 4 is 27.3 Å². The van der Waals surface area contributed by atoms with Gasteiger partial charge < -0.3 is 10.2 Å². The molecular formula is C29H27FN4O5S2. The van der Waals surface area contributed by atoms with Crippen LogP contribution in [0.2, 0.25) is 0 Å². The predicted octanol–water partition coefficient (Wildman–Crippen LogP) is 4.15. The molecule has 9 nitrogen and oxygen atoms in total. The van der Waals surface area contributed by atoms with Gasteiger partial charge in [0, 0.05) is 28.5 Å². The number of aromatic carboxylic acids is 1. The van der Waals surface area contributed by atoms with E-state index in [4.69, 9.17) is 10.2 Å². The van der Waals surface area contributed by atoms with Crippen LogP contribution in [0.5, 0.6) is 0 Å². The van der Waals surface area contributed by atoms with Crippen molar-refractivity contribution in [1.29, 1.82) is 0 Å². The Morgan fingerprint density at radius 1 is 1.24 bits per heavy atom. The van der Waals surface area contributed by atoms with Crippen molar-refractivity contribution in [2.45, 2.75) is 50.0 Å². The van der Waals surface area contributed by atoms with E-state index in [1.165, 1.54) is 11.4 Å². The molecule has 0 saturated heterocycles. The van der Waals surface area contributed by atoms with E-state index in [2.05, 4.69) is 16.8 Å². The summed E-state index contributed by atoms with van der Waals surface area (Å²) in [5.41, 5.74) is 2.78. The van der Waals surface area contributed by atoms with Crippen LogP contribution < -0.4 is 5.14 Å². The number of primary sulfonamides is 1. The highest BCUT2D eigenvalue weighted by atomic mass is 32.2. The molecule has 1 saturated carbocycles. The van der Waals surface area contributed by atoms with Gasteiger partial charge in [0.15, 0.2) is 5.69 Å². The smallest absolute Gasteiger partial charge is 0.355 e. The standard InChI is InChI=1S/C29H27FN4O5S2/c1-29(2,37)11-10-17-4-3-5-20(12-17)26-21(13-19-8-9-25(22(30)14-19)41(31,38)39)24(15-18-6-7-18)34(33-26)28-32-23(16-40-28)27(35)36/h3-5,8-9,12,14,16,18,37H,6-7,13,15H2,1-2H3,(H,35,36)(H2,31,38,39). The molecule has 0 bridgehead atoms. The first-order valence-electron chi connectivity index (χ1n) is 12.8. The number of sulfonamides is 1. The second kappa shape index (κ2) is 10.8. The third kappa shape index (κ3) is 6.71. The molecule has 12 heteroatoms. The zero-order valence-electron chi connectivity index (χ0n) is 22.3. The zero-order valence-corrected chi connectivity index (χ0v) is 23.9. The number of hydrogen-bond acceptors (Lipinski definition) is 7. The summed E-state index contributed by atoms with van der Waals surface area (Å²) in [5, 5.41) is 31.4. The van der Waals surface area contributed by atoms with Gasteiger partial charge in [-0.1, -0.05) is 30.0 Å². The van der Waals surface area contributed by atoms with E-state index >= 15 is 0 Å². The maximum atomic E-state index is 14.8. The Hall–Kier alpha value is -3.89. The number of aromatic nitrogens is 3. The molecule has 4 N–H and O–H groups in total. The molecule has 0 radical (unpaired) electrons. The quantitative estimate of drug-likeness (QED) is 0.260. The van der Waals surface area contributed by atoms with Gasteiger partial charge in [-0.05, 0) is 68.9 Å². The SMILES string of the molecule is CC(C)(O)C#Cc1cccc(-c2nn(-c3nc(C(=O)O)cs3)c(CC3CC3)c2Cc2ccc(S(N)(=O)=O)c(F)c2)c1. The lowest BCUT2D eigenvalue weighted by Crippen LogP contribution is -2.14. The number of rotatable bonds is 8. The van der Waals surface area contributed by atoms with Gasteiger partial charge >= 0.3 is 5.97 Å². The Labute approximate surface area is 240 Å². The Balaban J connectivity index is 1.68. The van der Waals surface area contributed by atoms with Crippen LogP contribution in [0.15, 0.2) is 52.7 Å². The Kier molecular flexibility index (Phi) is 7.56. The average Bonchev–Trinajstić information content (AvgIpc) is 3.44. The minimum Gasteiger partial charge on any atom is -0.476 e. The minimum atomic E-state index is -4.22. The van der Waals surface area contributed by atoms with Crippen molar-refractivity contribution in [1.82, 2.24) is 14.8 Å². The maximum absolute atomic E-state index is 14.8. The largest absolute Gasteiger partial charge is 0.476 e. The number of aliphatic hydroxyl groups is 1. The van der Waals surface area contributed by atoms with Gasteiger partial charge in [-0.15, -0.1) is 11.3 Å². The molecule has 1 aliphatic carbocycles. The molecule has 0 spiro atoms. The average molecular weight is 595 g/mol. The molecule has 0 unspecified atom stereocenters. The fourth-order valence-electron chi connectivity index (χ4n) is 4.38. The number of carbonyl (C=O) groups is 1. The van der Waals surface area contributed by atoms with Crippen LogP contribution in [0.25, 0.3) is 16.4 Å². The first kappa shape index (κ1) is 28.6. The topological polar surface area (TPSA) is 148 Å². The van der Waals surface area contributed by atoms with Gasteiger partial charge in [0.05, 0.1) is 11.4 Å². The summed E-state index contributed by atoms with van der Waals surface area (Å²) < 4.78 is 40.0. The minimum absolute atomic E-state index is 0.0921. The van der Waals surface area contributed by atoms with Crippen molar-refractivity contribution in [3.05, 3.63) is 81.7 Å². The van der Waals surface area contributed by atoms with Gasteiger partial charge in [-0.3, -0.25) is 0 Å². The number of carboxylic acid groups (broad SMARTS) is 1. The third-order valence-electron chi connectivity index (χ3n) is 6.49. The molecule has 0 aliphatic heterocycles. The molecule has 1 fully saturated rings. The van der Waals surface area contributed by atoms with Crippen LogP contribution in [-0.2, 0) is 22.9 Å². The fraction of sp³-hybridized carbons (Fsp3) is 0.276. The Morgan fingerprint density at radius 2 is 2.00 bits per heavy atom. The summed E-state index contributed by atoms with van der Waals surface area (Å²) in [6.45, 7) is 3.18. The number of thiazole rings is 1. The van der Waals surface area contributed by atoms with Gasteiger partial charge in [0.1, 0.15) is 16.3 Å². The van der Waals surface area contributed by atoms with Gasteiger partial charge in [0.25, 0.3) is 0 Å². The number of nitrogens with two attached hydrogens (primary N) is 1. The highest BCUT2D eigenvalue weighted by Gasteiger charge is 2.29. The summed E-state index contributed by atoms with van der Waals surface area (Å²) in [4.78, 5) is 15.2. The summed E-state index contributed by atoms with van der Waals surface area (Å²) in [6, 6.07) is 11.1. The maximum Gasteiger partial charge on any atom is 0.355 e. The van der Waals surface area contributed by atoms with Crippen molar-refractivity contribution in [3.8, 4) is 28.2 Å². The van der Waals surface area contributed by atoms with Crippen molar-refractivity contribution in [2.75, 3.05) is 0 Å². The molecule has 212 valence electrons. The third-order valence-corrected chi connectivity index (χ3v) is 8.25. The Bertz CT molecular complexity index is 1820. The van der Waals surface area contributed by atoms with Crippen LogP contribution in [0.4, 0.5) is 4.39 Å². The van der Waals surface area contributed by atoms with Crippen LogP contribution in [0.1, 0.15) is 59.6 Å². The number of carboxylic acids is 1. The van der Waals surface area contributed by atoms with Crippen LogP contribution in [0, 0.1) is 23.6 Å². The van der Waals surface area contributed by atoms with Crippen molar-refractivity contribution < 1.29 is 27.8 Å². The Morgan fingerprint density at radius 3 is 2.61 bits per heavy atom. The molecule has 4 aromatic rings. The van der Waals surface area contributed by atoms with E-state index in [1.807, 2.05) is 24.3 Å². The number of benzene rings is 2. The van der Waals surface area contributed by atoms with E-state index in [0.29, 0.717) is 34.3 Å². The lowest BCUT2D eigenvalue weighted by atomic mass is 9.96. The van der Waals surface area contributed by atoms with E-state index in [-0.39, 0.29) is 12.1 Å². The zero-order chi connectivity index (χ0) is 29.5. The van der Waals surface area contributed by atoms with Crippen LogP contribution in [0.3, 0.4) is 0 Å². The summed E-state index contributed by atoms with van der Waals surface area (Å²) in [5.74, 6) is 4.10. The predicted molar refractivity (Wildman–Crippen MR) is 152 cm³/mol. The molecule has 2 aromatic carbocycles. The molecular weight excluding hydrogens is 567 g/mol. The molecule has 0 atom stereocenters. The van der Waals surface area contributed by atoms with Gasteiger partial charge in [0.2, 0.25) is 15.2 Å². The first-order valence-corrected chi connectivity index (χ1v) is 15.2. The normalized spacial score (nSPS) is 13.6. The number of hydrogen-bond donors (Lipinski definition) is 3. The van der Waals surface area contributed by atoms with Crippen molar-refractivity contribution in [2.24, 2.45) is 11.1 Å². The monoisotopic (exact) mass is 594 g/mol. The molecule has 1 aliphatic rings. The highest BCUT2D eigenvalue weighted by molar-refractivity contribution is 7.89. The molecule has 41 heavy (non-hydrogen) atoms. The number of nitrogens with zero attached hydrogens (tertiary/aromatic N) is 3. The van der Waals surface area contributed by atoms with E-state index in [1.54, 1.807) is 18.5 Å². The van der Waals surface area contributed by atoms with Crippen molar-refractivity contribution in [3.63, 3.8) is 0 Å². The molecule has 2 aromatic heterocycles. The second-order valence-corrected chi connectivity index (χ2v) is 12.9. The van der Waals surface area contributed by atoms with E-state index in [0.717, 1.165) is 53.1 Å². The second-order valence-electron chi connectivity index (χ2n) is 10.5. The van der Waals surface area contributed by atoms with Gasteiger partial charge in [-0.2, -0.15) is 5.10 Å². The van der Waals surface area contributed by atoms with Crippen LogP contribution >= 0.6 is 11.3 Å². The fourth-order valence-corrected chi connectivity index (χ4v) is 5.75.